The van der Waals surface area contributed by atoms with E-state index in [0.717, 1.165) is 30.5 Å². The molecule has 1 rings (SSSR count). The molecule has 0 spiro atoms. The van der Waals surface area contributed by atoms with Crippen molar-refractivity contribution in [2.75, 3.05) is 19.3 Å². The standard InChI is InChI=1S/C13H20N2O/c1-4-5-8-15(3)13(16)12-7-6-11(14)9-10(12)2/h6-7,9H,4-5,8,14H2,1-3H3. The molecule has 0 radical (unpaired) electrons. The molecule has 0 aliphatic carbocycles. The zero-order valence-electron chi connectivity index (χ0n) is 10.3. The monoisotopic (exact) mass is 220 g/mol. The summed E-state index contributed by atoms with van der Waals surface area (Å²) in [6.45, 7) is 4.84. The van der Waals surface area contributed by atoms with Crippen molar-refractivity contribution in [1.29, 1.82) is 0 Å². The van der Waals surface area contributed by atoms with Gasteiger partial charge in [0, 0.05) is 24.8 Å². The van der Waals surface area contributed by atoms with E-state index in [0.29, 0.717) is 5.69 Å². The zero-order valence-corrected chi connectivity index (χ0v) is 10.3. The Morgan fingerprint density at radius 2 is 2.12 bits per heavy atom. The highest BCUT2D eigenvalue weighted by atomic mass is 16.2. The van der Waals surface area contributed by atoms with Crippen molar-refractivity contribution in [2.24, 2.45) is 0 Å². The van der Waals surface area contributed by atoms with Crippen LogP contribution in [0.5, 0.6) is 0 Å². The molecule has 0 unspecified atom stereocenters. The van der Waals surface area contributed by atoms with Gasteiger partial charge in [-0.2, -0.15) is 0 Å². The number of benzene rings is 1. The lowest BCUT2D eigenvalue weighted by atomic mass is 10.1. The second-order valence-corrected chi connectivity index (χ2v) is 4.15. The molecule has 0 fully saturated rings. The molecule has 0 saturated carbocycles. The minimum atomic E-state index is 0.0750. The van der Waals surface area contributed by atoms with E-state index in [2.05, 4.69) is 6.92 Å². The van der Waals surface area contributed by atoms with E-state index in [4.69, 9.17) is 5.73 Å². The maximum Gasteiger partial charge on any atom is 0.253 e. The zero-order chi connectivity index (χ0) is 12.1. The molecule has 3 nitrogen and oxygen atoms in total. The second kappa shape index (κ2) is 5.54. The average Bonchev–Trinajstić information content (AvgIpc) is 2.25. The van der Waals surface area contributed by atoms with Crippen molar-refractivity contribution >= 4 is 11.6 Å². The van der Waals surface area contributed by atoms with E-state index in [1.165, 1.54) is 0 Å². The van der Waals surface area contributed by atoms with Crippen LogP contribution < -0.4 is 5.73 Å². The first-order valence-corrected chi connectivity index (χ1v) is 5.67. The number of rotatable bonds is 4. The van der Waals surface area contributed by atoms with Crippen molar-refractivity contribution in [2.45, 2.75) is 26.7 Å². The lowest BCUT2D eigenvalue weighted by Crippen LogP contribution is -2.28. The molecule has 1 amide bonds. The number of nitrogen functional groups attached to an aromatic ring is 1. The summed E-state index contributed by atoms with van der Waals surface area (Å²) in [5.41, 5.74) is 8.04. The number of hydrogen-bond donors (Lipinski definition) is 1. The number of aryl methyl sites for hydroxylation is 1. The van der Waals surface area contributed by atoms with Gasteiger partial charge >= 0.3 is 0 Å². The summed E-state index contributed by atoms with van der Waals surface area (Å²) in [7, 11) is 1.84. The van der Waals surface area contributed by atoms with Gasteiger partial charge in [-0.3, -0.25) is 4.79 Å². The van der Waals surface area contributed by atoms with Gasteiger partial charge in [0.1, 0.15) is 0 Å². The molecule has 0 saturated heterocycles. The molecule has 0 aliphatic heterocycles. The summed E-state index contributed by atoms with van der Waals surface area (Å²) >= 11 is 0. The molecule has 1 aromatic carbocycles. The van der Waals surface area contributed by atoms with Crippen molar-refractivity contribution < 1.29 is 4.79 Å². The Balaban J connectivity index is 2.79. The number of carbonyl (C=O) groups is 1. The van der Waals surface area contributed by atoms with Crippen LogP contribution in [0.3, 0.4) is 0 Å². The third-order valence-electron chi connectivity index (χ3n) is 2.67. The number of anilines is 1. The number of nitrogens with zero attached hydrogens (tertiary/aromatic N) is 1. The summed E-state index contributed by atoms with van der Waals surface area (Å²) in [6, 6.07) is 5.41. The fraction of sp³-hybridized carbons (Fsp3) is 0.462. The molecule has 0 atom stereocenters. The topological polar surface area (TPSA) is 46.3 Å². The van der Waals surface area contributed by atoms with Crippen LogP contribution in [-0.2, 0) is 0 Å². The van der Waals surface area contributed by atoms with Crippen LogP contribution in [0.4, 0.5) is 5.69 Å². The lowest BCUT2D eigenvalue weighted by Gasteiger charge is -2.18. The maximum absolute atomic E-state index is 12.1. The van der Waals surface area contributed by atoms with Crippen molar-refractivity contribution in [3.8, 4) is 0 Å². The van der Waals surface area contributed by atoms with Crippen molar-refractivity contribution in [3.63, 3.8) is 0 Å². The molecule has 3 heteroatoms. The first kappa shape index (κ1) is 12.6. The number of amides is 1. The van der Waals surface area contributed by atoms with Crippen molar-refractivity contribution in [1.82, 2.24) is 4.90 Å². The molecular formula is C13H20N2O. The van der Waals surface area contributed by atoms with Gasteiger partial charge in [-0.25, -0.2) is 0 Å². The second-order valence-electron chi connectivity index (χ2n) is 4.15. The minimum absolute atomic E-state index is 0.0750. The van der Waals surface area contributed by atoms with E-state index >= 15 is 0 Å². The van der Waals surface area contributed by atoms with E-state index in [9.17, 15) is 4.79 Å². The normalized spacial score (nSPS) is 10.2. The quantitative estimate of drug-likeness (QED) is 0.792. The predicted octanol–water partition coefficient (Wildman–Crippen LogP) is 2.45. The third-order valence-corrected chi connectivity index (χ3v) is 2.67. The molecule has 88 valence electrons. The fourth-order valence-electron chi connectivity index (χ4n) is 1.63. The van der Waals surface area contributed by atoms with Crippen LogP contribution in [0, 0.1) is 6.92 Å². The summed E-state index contributed by atoms with van der Waals surface area (Å²) in [4.78, 5) is 13.8. The van der Waals surface area contributed by atoms with Crippen LogP contribution in [0.25, 0.3) is 0 Å². The Morgan fingerprint density at radius 3 is 2.69 bits per heavy atom. The van der Waals surface area contributed by atoms with E-state index in [1.807, 2.05) is 20.0 Å². The van der Waals surface area contributed by atoms with Gasteiger partial charge in [0.05, 0.1) is 0 Å². The number of unbranched alkanes of at least 4 members (excludes halogenated alkanes) is 1. The third kappa shape index (κ3) is 2.99. The first-order valence-electron chi connectivity index (χ1n) is 5.67. The summed E-state index contributed by atoms with van der Waals surface area (Å²) in [5, 5.41) is 0. The van der Waals surface area contributed by atoms with E-state index < -0.39 is 0 Å². The smallest absolute Gasteiger partial charge is 0.253 e. The maximum atomic E-state index is 12.1. The molecule has 1 aromatic rings. The van der Waals surface area contributed by atoms with Crippen LogP contribution >= 0.6 is 0 Å². The Kier molecular flexibility index (Phi) is 4.35. The largest absolute Gasteiger partial charge is 0.399 e. The number of hydrogen-bond acceptors (Lipinski definition) is 2. The molecule has 0 heterocycles. The Morgan fingerprint density at radius 1 is 1.44 bits per heavy atom. The minimum Gasteiger partial charge on any atom is -0.399 e. The first-order chi connectivity index (χ1) is 7.56. The lowest BCUT2D eigenvalue weighted by molar-refractivity contribution is 0.0792. The molecule has 16 heavy (non-hydrogen) atoms. The SMILES string of the molecule is CCCCN(C)C(=O)c1ccc(N)cc1C. The van der Waals surface area contributed by atoms with Gasteiger partial charge in [-0.1, -0.05) is 13.3 Å². The van der Waals surface area contributed by atoms with Gasteiger partial charge in [0.15, 0.2) is 0 Å². The summed E-state index contributed by atoms with van der Waals surface area (Å²) in [5.74, 6) is 0.0750. The summed E-state index contributed by atoms with van der Waals surface area (Å²) in [6.07, 6.45) is 2.13. The van der Waals surface area contributed by atoms with Crippen LogP contribution in [0.1, 0.15) is 35.7 Å². The predicted molar refractivity (Wildman–Crippen MR) is 67.5 cm³/mol. The highest BCUT2D eigenvalue weighted by Gasteiger charge is 2.13. The Labute approximate surface area is 97.2 Å². The van der Waals surface area contributed by atoms with E-state index in [1.54, 1.807) is 17.0 Å². The van der Waals surface area contributed by atoms with Gasteiger partial charge in [0.25, 0.3) is 5.91 Å². The average molecular weight is 220 g/mol. The Bertz CT molecular complexity index is 374. The van der Waals surface area contributed by atoms with E-state index in [-0.39, 0.29) is 5.91 Å². The van der Waals surface area contributed by atoms with Crippen LogP contribution in [0.15, 0.2) is 18.2 Å². The molecule has 2 N–H and O–H groups in total. The van der Waals surface area contributed by atoms with Gasteiger partial charge in [-0.05, 0) is 37.1 Å². The van der Waals surface area contributed by atoms with Gasteiger partial charge in [0.2, 0.25) is 0 Å². The number of carbonyl (C=O) groups excluding carboxylic acids is 1. The fourth-order valence-corrected chi connectivity index (χ4v) is 1.63. The molecular weight excluding hydrogens is 200 g/mol. The highest BCUT2D eigenvalue weighted by molar-refractivity contribution is 5.95. The number of nitrogens with two attached hydrogens (primary N) is 1. The molecule has 0 bridgehead atoms. The molecule has 0 aliphatic rings. The Hall–Kier alpha value is -1.51. The van der Waals surface area contributed by atoms with Crippen LogP contribution in [-0.4, -0.2) is 24.4 Å². The summed E-state index contributed by atoms with van der Waals surface area (Å²) < 4.78 is 0. The van der Waals surface area contributed by atoms with Crippen molar-refractivity contribution in [3.05, 3.63) is 29.3 Å². The van der Waals surface area contributed by atoms with Gasteiger partial charge in [-0.15, -0.1) is 0 Å². The molecule has 0 aromatic heterocycles. The van der Waals surface area contributed by atoms with Crippen LogP contribution in [0.2, 0.25) is 0 Å². The van der Waals surface area contributed by atoms with Gasteiger partial charge < -0.3 is 10.6 Å². The highest BCUT2D eigenvalue weighted by Crippen LogP contribution is 2.14.